The molecule has 7 nitrogen and oxygen atoms in total. The van der Waals surface area contributed by atoms with E-state index in [1.54, 1.807) is 19.2 Å². The number of aromatic nitrogens is 2. The van der Waals surface area contributed by atoms with Crippen molar-refractivity contribution in [3.63, 3.8) is 0 Å². The molecule has 184 valence electrons. The Bertz CT molecular complexity index is 1050. The molecule has 3 rings (SSSR count). The minimum Gasteiger partial charge on any atom is -0.493 e. The average Bonchev–Trinajstić information content (AvgIpc) is 3.22. The minimum atomic E-state index is -0.156. The van der Waals surface area contributed by atoms with Crippen LogP contribution in [0.15, 0.2) is 36.4 Å². The molecule has 3 aromatic rings. The number of hydrogen-bond acceptors (Lipinski definition) is 5. The number of amides is 1. The number of methoxy groups -OCH3 is 3. The molecule has 0 spiro atoms. The second-order valence-electron chi connectivity index (χ2n) is 8.36. The van der Waals surface area contributed by atoms with Crippen LogP contribution in [0, 0.1) is 0 Å². The highest BCUT2D eigenvalue weighted by Crippen LogP contribution is 2.38. The molecule has 1 N–H and O–H groups in total. The van der Waals surface area contributed by atoms with Gasteiger partial charge in [0.05, 0.1) is 32.4 Å². The summed E-state index contributed by atoms with van der Waals surface area (Å²) >= 11 is 0. The Morgan fingerprint density at radius 2 is 1.68 bits per heavy atom. The van der Waals surface area contributed by atoms with Crippen LogP contribution in [0.2, 0.25) is 0 Å². The van der Waals surface area contributed by atoms with Crippen molar-refractivity contribution in [2.45, 2.75) is 58.4 Å². The smallest absolute Gasteiger partial charge is 0.251 e. The molecule has 7 heteroatoms. The number of carbonyl (C=O) groups excluding carboxylic acids is 1. The molecule has 1 heterocycles. The number of rotatable bonds is 14. The number of nitrogens with one attached hydrogen (secondary N) is 1. The fourth-order valence-corrected chi connectivity index (χ4v) is 4.19. The van der Waals surface area contributed by atoms with Gasteiger partial charge in [-0.3, -0.25) is 4.79 Å². The standard InChI is InChI=1S/C27H37N3O4/c1-5-6-12-17-30-22-14-10-9-13-21(22)29-25(30)15-8-7-11-16-28-27(31)20-18-23(32-2)26(34-4)24(19-20)33-3/h9-10,13-14,18-19H,5-8,11-12,15-17H2,1-4H3,(H,28,31). The van der Waals surface area contributed by atoms with E-state index < -0.39 is 0 Å². The van der Waals surface area contributed by atoms with Gasteiger partial charge in [0.15, 0.2) is 11.5 Å². The molecule has 0 aliphatic rings. The van der Waals surface area contributed by atoms with E-state index >= 15 is 0 Å². The maximum absolute atomic E-state index is 12.6. The van der Waals surface area contributed by atoms with Gasteiger partial charge in [0, 0.05) is 25.1 Å². The first kappa shape index (κ1) is 25.4. The summed E-state index contributed by atoms with van der Waals surface area (Å²) in [5.74, 6) is 2.42. The number of benzene rings is 2. The number of aryl methyl sites for hydroxylation is 2. The lowest BCUT2D eigenvalue weighted by Crippen LogP contribution is -2.24. The van der Waals surface area contributed by atoms with Crippen LogP contribution in [-0.2, 0) is 13.0 Å². The number of carbonyl (C=O) groups is 1. The molecule has 0 saturated carbocycles. The molecule has 1 amide bonds. The third-order valence-electron chi connectivity index (χ3n) is 6.01. The second-order valence-corrected chi connectivity index (χ2v) is 8.36. The van der Waals surface area contributed by atoms with Crippen molar-refractivity contribution >= 4 is 16.9 Å². The number of imidazole rings is 1. The molecule has 1 aromatic heterocycles. The number of para-hydroxylation sites is 2. The normalized spacial score (nSPS) is 10.9. The second kappa shape index (κ2) is 12.9. The Labute approximate surface area is 202 Å². The zero-order chi connectivity index (χ0) is 24.3. The number of ether oxygens (including phenoxy) is 3. The Morgan fingerprint density at radius 3 is 2.35 bits per heavy atom. The zero-order valence-electron chi connectivity index (χ0n) is 20.9. The monoisotopic (exact) mass is 467 g/mol. The molecule has 0 radical (unpaired) electrons. The SMILES string of the molecule is CCCCCn1c(CCCCCNC(=O)c2cc(OC)c(OC)c(OC)c2)nc2ccccc21. The first-order valence-electron chi connectivity index (χ1n) is 12.1. The van der Waals surface area contributed by atoms with Gasteiger partial charge in [-0.2, -0.15) is 0 Å². The van der Waals surface area contributed by atoms with Crippen LogP contribution >= 0.6 is 0 Å². The molecular formula is C27H37N3O4. The Morgan fingerprint density at radius 1 is 0.941 bits per heavy atom. The van der Waals surface area contributed by atoms with Gasteiger partial charge < -0.3 is 24.1 Å². The summed E-state index contributed by atoms with van der Waals surface area (Å²) in [5, 5.41) is 2.99. The predicted octanol–water partition coefficient (Wildman–Crippen LogP) is 5.40. The molecule has 0 bridgehead atoms. The van der Waals surface area contributed by atoms with E-state index in [2.05, 4.69) is 35.0 Å². The van der Waals surface area contributed by atoms with Gasteiger partial charge in [-0.05, 0) is 43.5 Å². The van der Waals surface area contributed by atoms with Crippen molar-refractivity contribution in [3.05, 3.63) is 47.8 Å². The van der Waals surface area contributed by atoms with Gasteiger partial charge >= 0.3 is 0 Å². The number of fused-ring (bicyclic) bond motifs is 1. The third kappa shape index (κ3) is 6.22. The van der Waals surface area contributed by atoms with Crippen LogP contribution in [0.5, 0.6) is 17.2 Å². The average molecular weight is 468 g/mol. The summed E-state index contributed by atoms with van der Waals surface area (Å²) in [5.41, 5.74) is 2.79. The number of hydrogen-bond donors (Lipinski definition) is 1. The molecule has 34 heavy (non-hydrogen) atoms. The van der Waals surface area contributed by atoms with E-state index in [1.165, 1.54) is 44.8 Å². The minimum absolute atomic E-state index is 0.156. The summed E-state index contributed by atoms with van der Waals surface area (Å²) < 4.78 is 18.4. The van der Waals surface area contributed by atoms with Crippen LogP contribution in [0.1, 0.15) is 61.6 Å². The van der Waals surface area contributed by atoms with Gasteiger partial charge in [-0.1, -0.05) is 38.3 Å². The fraction of sp³-hybridized carbons (Fsp3) is 0.481. The molecule has 0 aliphatic heterocycles. The highest BCUT2D eigenvalue weighted by molar-refractivity contribution is 5.95. The fourth-order valence-electron chi connectivity index (χ4n) is 4.19. The third-order valence-corrected chi connectivity index (χ3v) is 6.01. The van der Waals surface area contributed by atoms with Gasteiger partial charge in [-0.15, -0.1) is 0 Å². The largest absolute Gasteiger partial charge is 0.493 e. The van der Waals surface area contributed by atoms with Crippen molar-refractivity contribution in [2.24, 2.45) is 0 Å². The van der Waals surface area contributed by atoms with Crippen molar-refractivity contribution in [2.75, 3.05) is 27.9 Å². The molecule has 0 fully saturated rings. The maximum atomic E-state index is 12.6. The summed E-state index contributed by atoms with van der Waals surface area (Å²) in [6.45, 7) is 3.87. The molecule has 0 unspecified atom stereocenters. The Hall–Kier alpha value is -3.22. The van der Waals surface area contributed by atoms with Gasteiger partial charge in [0.2, 0.25) is 5.75 Å². The van der Waals surface area contributed by atoms with Crippen molar-refractivity contribution in [1.29, 1.82) is 0 Å². The van der Waals surface area contributed by atoms with Crippen LogP contribution in [0.4, 0.5) is 0 Å². The van der Waals surface area contributed by atoms with E-state index in [1.807, 2.05) is 6.07 Å². The summed E-state index contributed by atoms with van der Waals surface area (Å²) in [6, 6.07) is 11.7. The number of nitrogens with zero attached hydrogens (tertiary/aromatic N) is 2. The van der Waals surface area contributed by atoms with Gasteiger partial charge in [-0.25, -0.2) is 4.98 Å². The van der Waals surface area contributed by atoms with Crippen LogP contribution in [0.25, 0.3) is 11.0 Å². The summed E-state index contributed by atoms with van der Waals surface area (Å²) in [4.78, 5) is 17.5. The van der Waals surface area contributed by atoms with Crippen LogP contribution < -0.4 is 19.5 Å². The predicted molar refractivity (Wildman–Crippen MR) is 135 cm³/mol. The van der Waals surface area contributed by atoms with Crippen molar-refractivity contribution < 1.29 is 19.0 Å². The first-order chi connectivity index (χ1) is 16.6. The maximum Gasteiger partial charge on any atom is 0.251 e. The van der Waals surface area contributed by atoms with Crippen LogP contribution in [0.3, 0.4) is 0 Å². The molecule has 0 aliphatic carbocycles. The van der Waals surface area contributed by atoms with Crippen molar-refractivity contribution in [1.82, 2.24) is 14.9 Å². The molecular weight excluding hydrogens is 430 g/mol. The Balaban J connectivity index is 1.50. The molecule has 0 saturated heterocycles. The lowest BCUT2D eigenvalue weighted by atomic mass is 10.1. The first-order valence-corrected chi connectivity index (χ1v) is 12.1. The quantitative estimate of drug-likeness (QED) is 0.322. The van der Waals surface area contributed by atoms with Crippen LogP contribution in [-0.4, -0.2) is 43.3 Å². The van der Waals surface area contributed by atoms with Crippen molar-refractivity contribution in [3.8, 4) is 17.2 Å². The lowest BCUT2D eigenvalue weighted by molar-refractivity contribution is 0.0952. The topological polar surface area (TPSA) is 74.6 Å². The van der Waals surface area contributed by atoms with E-state index in [4.69, 9.17) is 19.2 Å². The lowest BCUT2D eigenvalue weighted by Gasteiger charge is -2.14. The van der Waals surface area contributed by atoms with E-state index in [0.29, 0.717) is 29.4 Å². The highest BCUT2D eigenvalue weighted by atomic mass is 16.5. The molecule has 2 aromatic carbocycles. The number of unbranched alkanes of at least 4 members (excludes halogenated alkanes) is 4. The summed E-state index contributed by atoms with van der Waals surface area (Å²) in [6.07, 6.45) is 7.54. The van der Waals surface area contributed by atoms with Gasteiger partial charge in [0.25, 0.3) is 5.91 Å². The summed E-state index contributed by atoms with van der Waals surface area (Å²) in [7, 11) is 4.62. The van der Waals surface area contributed by atoms with E-state index in [-0.39, 0.29) is 5.91 Å². The van der Waals surface area contributed by atoms with Gasteiger partial charge in [0.1, 0.15) is 5.82 Å². The zero-order valence-corrected chi connectivity index (χ0v) is 20.9. The van der Waals surface area contributed by atoms with E-state index in [0.717, 1.165) is 37.7 Å². The van der Waals surface area contributed by atoms with E-state index in [9.17, 15) is 4.79 Å². The highest BCUT2D eigenvalue weighted by Gasteiger charge is 2.17. The molecule has 0 atom stereocenters. The Kier molecular flexibility index (Phi) is 9.62.